The number of hydrogen-bond donors (Lipinski definition) is 1. The number of likely N-dealkylation sites (tertiary alicyclic amines) is 2. The molecule has 2 unspecified atom stereocenters. The van der Waals surface area contributed by atoms with Crippen molar-refractivity contribution in [3.05, 3.63) is 53.6 Å². The second-order valence-electron chi connectivity index (χ2n) is 9.18. The zero-order valence-corrected chi connectivity index (χ0v) is 19.2. The van der Waals surface area contributed by atoms with Gasteiger partial charge < -0.3 is 24.2 Å². The number of methoxy groups -OCH3 is 1. The third kappa shape index (κ3) is 5.72. The molecule has 1 aromatic carbocycles. The van der Waals surface area contributed by atoms with Gasteiger partial charge in [-0.3, -0.25) is 0 Å². The van der Waals surface area contributed by atoms with Crippen LogP contribution in [0.5, 0.6) is 0 Å². The smallest absolute Gasteiger partial charge is 0.393 e. The highest BCUT2D eigenvalue weighted by atomic mass is 19.4. The number of ether oxygens (including phenoxy) is 1. The van der Waals surface area contributed by atoms with Crippen LogP contribution in [0.4, 0.5) is 18.0 Å². The molecule has 0 aliphatic carbocycles. The Kier molecular flexibility index (Phi) is 7.47. The van der Waals surface area contributed by atoms with Crippen LogP contribution in [-0.4, -0.2) is 76.5 Å². The summed E-state index contributed by atoms with van der Waals surface area (Å²) in [6, 6.07) is 5.17. The number of alkyl halides is 3. The van der Waals surface area contributed by atoms with Gasteiger partial charge in [-0.25, -0.2) is 9.78 Å². The van der Waals surface area contributed by atoms with E-state index in [0.29, 0.717) is 58.6 Å². The average molecular weight is 481 g/mol. The predicted molar refractivity (Wildman–Crippen MR) is 119 cm³/mol. The van der Waals surface area contributed by atoms with Crippen molar-refractivity contribution in [1.82, 2.24) is 19.4 Å². The summed E-state index contributed by atoms with van der Waals surface area (Å²) in [6.07, 6.45) is 0.727. The fourth-order valence-corrected chi connectivity index (χ4v) is 4.82. The standard InChI is InChI=1S/C24H31F3N4O3/c1-34-11-10-29-15-22(28-16-29)19-12-18(17-2-4-20(5-3-17)24(25,26)27)13-31(14-19)23(33)30-8-6-21(32)7-9-30/h2-5,15-16,18-19,21,32H,6-14H2,1H3. The number of halogens is 3. The lowest BCUT2D eigenvalue weighted by Gasteiger charge is -2.41. The molecule has 2 atom stereocenters. The van der Waals surface area contributed by atoms with Gasteiger partial charge in [0.15, 0.2) is 0 Å². The van der Waals surface area contributed by atoms with Crippen molar-refractivity contribution < 1.29 is 27.8 Å². The SMILES string of the molecule is COCCn1cnc(C2CC(c3ccc(C(F)(F)F)cc3)CN(C(=O)N3CCC(O)CC3)C2)c1. The van der Waals surface area contributed by atoms with Gasteiger partial charge in [0.2, 0.25) is 0 Å². The van der Waals surface area contributed by atoms with Crippen molar-refractivity contribution in [2.24, 2.45) is 0 Å². The van der Waals surface area contributed by atoms with Crippen LogP contribution in [-0.2, 0) is 17.5 Å². The summed E-state index contributed by atoms with van der Waals surface area (Å²) in [5.74, 6) is -0.145. The summed E-state index contributed by atoms with van der Waals surface area (Å²) in [5.41, 5.74) is 0.961. The van der Waals surface area contributed by atoms with E-state index in [2.05, 4.69) is 4.98 Å². The quantitative estimate of drug-likeness (QED) is 0.709. The normalized spacial score (nSPS) is 22.3. The van der Waals surface area contributed by atoms with Crippen LogP contribution >= 0.6 is 0 Å². The molecule has 0 bridgehead atoms. The third-order valence-corrected chi connectivity index (χ3v) is 6.79. The number of aliphatic hydroxyl groups excluding tert-OH is 1. The van der Waals surface area contributed by atoms with E-state index in [1.54, 1.807) is 23.2 Å². The molecule has 4 rings (SSSR count). The molecule has 2 aromatic rings. The summed E-state index contributed by atoms with van der Waals surface area (Å²) in [5, 5.41) is 9.79. The molecule has 186 valence electrons. The van der Waals surface area contributed by atoms with E-state index < -0.39 is 11.7 Å². The van der Waals surface area contributed by atoms with Crippen LogP contribution in [0, 0.1) is 0 Å². The number of rotatable bonds is 5. The van der Waals surface area contributed by atoms with Crippen molar-refractivity contribution in [3.63, 3.8) is 0 Å². The summed E-state index contributed by atoms with van der Waals surface area (Å²) in [7, 11) is 1.64. The molecule has 2 saturated heterocycles. The fourth-order valence-electron chi connectivity index (χ4n) is 4.82. The highest BCUT2D eigenvalue weighted by molar-refractivity contribution is 5.75. The first-order chi connectivity index (χ1) is 16.2. The Balaban J connectivity index is 1.55. The fraction of sp³-hybridized carbons (Fsp3) is 0.583. The number of amides is 2. The summed E-state index contributed by atoms with van der Waals surface area (Å²) in [6.45, 7) is 3.15. The minimum Gasteiger partial charge on any atom is -0.393 e. The Morgan fingerprint density at radius 2 is 1.79 bits per heavy atom. The molecule has 0 spiro atoms. The minimum absolute atomic E-state index is 0.0378. The van der Waals surface area contributed by atoms with Gasteiger partial charge in [-0.05, 0) is 37.0 Å². The maximum Gasteiger partial charge on any atom is 0.416 e. The number of aromatic nitrogens is 2. The summed E-state index contributed by atoms with van der Waals surface area (Å²) >= 11 is 0. The molecule has 1 aromatic heterocycles. The molecule has 3 heterocycles. The second-order valence-corrected chi connectivity index (χ2v) is 9.18. The molecule has 0 radical (unpaired) electrons. The van der Waals surface area contributed by atoms with E-state index in [9.17, 15) is 23.1 Å². The predicted octanol–water partition coefficient (Wildman–Crippen LogP) is 3.70. The summed E-state index contributed by atoms with van der Waals surface area (Å²) < 4.78 is 46.2. The Morgan fingerprint density at radius 1 is 1.12 bits per heavy atom. The van der Waals surface area contributed by atoms with Gasteiger partial charge in [0, 0.05) is 57.9 Å². The topological polar surface area (TPSA) is 70.8 Å². The Bertz CT molecular complexity index is 955. The molecule has 1 N–H and O–H groups in total. The van der Waals surface area contributed by atoms with Crippen molar-refractivity contribution in [3.8, 4) is 0 Å². The monoisotopic (exact) mass is 480 g/mol. The van der Waals surface area contributed by atoms with E-state index in [1.165, 1.54) is 12.1 Å². The molecule has 7 nitrogen and oxygen atoms in total. The largest absolute Gasteiger partial charge is 0.416 e. The Hall–Kier alpha value is -2.59. The average Bonchev–Trinajstić information content (AvgIpc) is 3.31. The number of carbonyl (C=O) groups is 1. The van der Waals surface area contributed by atoms with E-state index in [1.807, 2.05) is 10.8 Å². The van der Waals surface area contributed by atoms with Crippen LogP contribution in [0.3, 0.4) is 0 Å². The van der Waals surface area contributed by atoms with Gasteiger partial charge in [0.25, 0.3) is 0 Å². The zero-order chi connectivity index (χ0) is 24.3. The third-order valence-electron chi connectivity index (χ3n) is 6.79. The zero-order valence-electron chi connectivity index (χ0n) is 19.2. The van der Waals surface area contributed by atoms with E-state index in [4.69, 9.17) is 4.74 Å². The Labute approximate surface area is 197 Å². The maximum absolute atomic E-state index is 13.3. The molecule has 0 saturated carbocycles. The minimum atomic E-state index is -4.39. The number of nitrogens with zero attached hydrogens (tertiary/aromatic N) is 4. The van der Waals surface area contributed by atoms with Gasteiger partial charge in [-0.15, -0.1) is 0 Å². The molecule has 2 aliphatic rings. The number of aliphatic hydroxyl groups is 1. The van der Waals surface area contributed by atoms with Crippen LogP contribution in [0.25, 0.3) is 0 Å². The molecule has 34 heavy (non-hydrogen) atoms. The molecular formula is C24H31F3N4O3. The lowest BCUT2D eigenvalue weighted by molar-refractivity contribution is -0.137. The van der Waals surface area contributed by atoms with Gasteiger partial charge in [-0.2, -0.15) is 13.2 Å². The Morgan fingerprint density at radius 3 is 2.44 bits per heavy atom. The molecule has 2 amide bonds. The molecule has 2 aliphatic heterocycles. The van der Waals surface area contributed by atoms with E-state index >= 15 is 0 Å². The van der Waals surface area contributed by atoms with Gasteiger partial charge in [0.05, 0.1) is 30.3 Å². The van der Waals surface area contributed by atoms with Gasteiger partial charge in [0.1, 0.15) is 0 Å². The molecule has 10 heteroatoms. The second kappa shape index (κ2) is 10.4. The lowest BCUT2D eigenvalue weighted by Crippen LogP contribution is -2.51. The maximum atomic E-state index is 13.3. The number of imidazole rings is 1. The van der Waals surface area contributed by atoms with Crippen LogP contribution < -0.4 is 0 Å². The molecular weight excluding hydrogens is 449 g/mol. The van der Waals surface area contributed by atoms with Crippen LogP contribution in [0.15, 0.2) is 36.8 Å². The molecule has 2 fully saturated rings. The number of urea groups is 1. The van der Waals surface area contributed by atoms with Crippen molar-refractivity contribution in [2.45, 2.75) is 49.9 Å². The number of carbonyl (C=O) groups excluding carboxylic acids is 1. The van der Waals surface area contributed by atoms with Gasteiger partial charge >= 0.3 is 12.2 Å². The first kappa shape index (κ1) is 24.5. The van der Waals surface area contributed by atoms with Crippen LogP contribution in [0.2, 0.25) is 0 Å². The van der Waals surface area contributed by atoms with Gasteiger partial charge in [-0.1, -0.05) is 12.1 Å². The lowest BCUT2D eigenvalue weighted by atomic mass is 9.83. The first-order valence-electron chi connectivity index (χ1n) is 11.6. The highest BCUT2D eigenvalue weighted by Crippen LogP contribution is 2.37. The summed E-state index contributed by atoms with van der Waals surface area (Å²) in [4.78, 5) is 21.4. The van der Waals surface area contributed by atoms with E-state index in [0.717, 1.165) is 23.4 Å². The number of hydrogen-bond acceptors (Lipinski definition) is 4. The first-order valence-corrected chi connectivity index (χ1v) is 11.6. The van der Waals surface area contributed by atoms with Crippen molar-refractivity contribution >= 4 is 6.03 Å². The van der Waals surface area contributed by atoms with Crippen molar-refractivity contribution in [1.29, 1.82) is 0 Å². The van der Waals surface area contributed by atoms with Crippen molar-refractivity contribution in [2.75, 3.05) is 39.9 Å². The van der Waals surface area contributed by atoms with E-state index in [-0.39, 0.29) is 24.0 Å². The van der Waals surface area contributed by atoms with Crippen LogP contribution in [0.1, 0.15) is 47.9 Å². The number of benzene rings is 1. The highest BCUT2D eigenvalue weighted by Gasteiger charge is 2.36. The number of piperidine rings is 2.